The van der Waals surface area contributed by atoms with Crippen LogP contribution < -0.4 is 5.32 Å². The molecule has 1 N–H and O–H groups in total. The van der Waals surface area contributed by atoms with Gasteiger partial charge in [-0.2, -0.15) is 0 Å². The van der Waals surface area contributed by atoms with E-state index in [0.29, 0.717) is 0 Å². The minimum Gasteiger partial charge on any atom is -0.338 e. The van der Waals surface area contributed by atoms with Gasteiger partial charge in [0.15, 0.2) is 0 Å². The second-order valence-electron chi connectivity index (χ2n) is 4.64. The monoisotopic (exact) mass is 346 g/mol. The fourth-order valence-corrected chi connectivity index (χ4v) is 2.72. The number of carbonyl (C=O) groups excluding carboxylic acids is 1. The molecule has 1 amide bonds. The molecule has 0 spiro atoms. The van der Waals surface area contributed by atoms with Crippen LogP contribution in [0.5, 0.6) is 0 Å². The van der Waals surface area contributed by atoms with Crippen LogP contribution in [0.3, 0.4) is 0 Å². The number of nitrogens with zero attached hydrogens (tertiary/aromatic N) is 1. The van der Waals surface area contributed by atoms with Crippen LogP contribution >= 0.6 is 15.9 Å². The highest BCUT2D eigenvalue weighted by Gasteiger charge is 2.09. The Balaban J connectivity index is 1.81. The van der Waals surface area contributed by atoms with Gasteiger partial charge in [-0.3, -0.25) is 4.79 Å². The fraction of sp³-hybridized carbons (Fsp3) is 0.0625. The van der Waals surface area contributed by atoms with E-state index in [1.54, 1.807) is 12.1 Å². The summed E-state index contributed by atoms with van der Waals surface area (Å²) in [4.78, 5) is 12.1. The second-order valence-corrected chi connectivity index (χ2v) is 5.50. The van der Waals surface area contributed by atoms with Gasteiger partial charge in [0, 0.05) is 21.6 Å². The van der Waals surface area contributed by atoms with Crippen molar-refractivity contribution in [2.24, 2.45) is 0 Å². The molecule has 5 heteroatoms. The standard InChI is InChI=1S/C16H12BrFN2O/c17-12-4-3-7-15-11(12)8-9-20(15)10-16(21)19-14-6-2-1-5-13(14)18/h1-9H,10H2,(H,19,21). The van der Waals surface area contributed by atoms with Crippen LogP contribution in [0, 0.1) is 5.82 Å². The molecule has 0 saturated heterocycles. The zero-order valence-electron chi connectivity index (χ0n) is 11.0. The number of carbonyl (C=O) groups is 1. The average Bonchev–Trinajstić information content (AvgIpc) is 2.86. The van der Waals surface area contributed by atoms with Gasteiger partial charge < -0.3 is 9.88 Å². The molecule has 0 unspecified atom stereocenters. The lowest BCUT2D eigenvalue weighted by Gasteiger charge is -2.08. The Bertz CT molecular complexity index is 813. The average molecular weight is 347 g/mol. The summed E-state index contributed by atoms with van der Waals surface area (Å²) in [6, 6.07) is 13.9. The number of aromatic nitrogens is 1. The van der Waals surface area contributed by atoms with Gasteiger partial charge in [-0.15, -0.1) is 0 Å². The Morgan fingerprint density at radius 3 is 2.76 bits per heavy atom. The Hall–Kier alpha value is -2.14. The third-order valence-electron chi connectivity index (χ3n) is 3.22. The van der Waals surface area contributed by atoms with Gasteiger partial charge in [-0.1, -0.05) is 34.1 Å². The van der Waals surface area contributed by atoms with Gasteiger partial charge in [0.25, 0.3) is 0 Å². The molecule has 0 fully saturated rings. The van der Waals surface area contributed by atoms with Gasteiger partial charge in [0.05, 0.1) is 5.69 Å². The first kappa shape index (κ1) is 13.8. The van der Waals surface area contributed by atoms with Gasteiger partial charge in [0.2, 0.25) is 5.91 Å². The molecular weight excluding hydrogens is 335 g/mol. The zero-order valence-corrected chi connectivity index (χ0v) is 12.6. The molecule has 0 aliphatic heterocycles. The third kappa shape index (κ3) is 2.83. The third-order valence-corrected chi connectivity index (χ3v) is 3.91. The van der Waals surface area contributed by atoms with Crippen molar-refractivity contribution in [2.75, 3.05) is 5.32 Å². The predicted molar refractivity (Wildman–Crippen MR) is 84.7 cm³/mol. The number of para-hydroxylation sites is 1. The van der Waals surface area contributed by atoms with E-state index in [1.165, 1.54) is 12.1 Å². The maximum absolute atomic E-state index is 13.5. The molecule has 3 rings (SSSR count). The smallest absolute Gasteiger partial charge is 0.244 e. The highest BCUT2D eigenvalue weighted by atomic mass is 79.9. The van der Waals surface area contributed by atoms with Gasteiger partial charge in [0.1, 0.15) is 12.4 Å². The van der Waals surface area contributed by atoms with E-state index in [2.05, 4.69) is 21.2 Å². The van der Waals surface area contributed by atoms with Crippen molar-refractivity contribution in [3.05, 3.63) is 65.0 Å². The van der Waals surface area contributed by atoms with Crippen LogP contribution in [-0.4, -0.2) is 10.5 Å². The number of nitrogens with one attached hydrogen (secondary N) is 1. The molecule has 0 atom stereocenters. The number of anilines is 1. The minimum absolute atomic E-state index is 0.133. The highest BCUT2D eigenvalue weighted by molar-refractivity contribution is 9.10. The summed E-state index contributed by atoms with van der Waals surface area (Å²) in [6.45, 7) is 0.133. The van der Waals surface area contributed by atoms with Crippen molar-refractivity contribution in [3.63, 3.8) is 0 Å². The number of amides is 1. The summed E-state index contributed by atoms with van der Waals surface area (Å²) in [5.41, 5.74) is 1.15. The Morgan fingerprint density at radius 2 is 1.95 bits per heavy atom. The van der Waals surface area contributed by atoms with Crippen LogP contribution in [0.1, 0.15) is 0 Å². The van der Waals surface area contributed by atoms with Crippen molar-refractivity contribution >= 4 is 38.4 Å². The van der Waals surface area contributed by atoms with Crippen LogP contribution in [0.25, 0.3) is 10.9 Å². The van der Waals surface area contributed by atoms with Crippen LogP contribution in [0.4, 0.5) is 10.1 Å². The molecule has 1 heterocycles. The lowest BCUT2D eigenvalue weighted by molar-refractivity contribution is -0.116. The molecule has 0 radical (unpaired) electrons. The number of hydrogen-bond donors (Lipinski definition) is 1. The topological polar surface area (TPSA) is 34.0 Å². The largest absolute Gasteiger partial charge is 0.338 e. The van der Waals surface area contributed by atoms with E-state index in [9.17, 15) is 9.18 Å². The summed E-state index contributed by atoms with van der Waals surface area (Å²) in [5, 5.41) is 3.62. The van der Waals surface area contributed by atoms with Crippen LogP contribution in [-0.2, 0) is 11.3 Å². The van der Waals surface area contributed by atoms with Gasteiger partial charge in [-0.05, 0) is 30.3 Å². The molecule has 0 bridgehead atoms. The fourth-order valence-electron chi connectivity index (χ4n) is 2.23. The Labute approximate surface area is 129 Å². The van der Waals surface area contributed by atoms with E-state index in [1.807, 2.05) is 35.0 Å². The molecule has 1 aromatic heterocycles. The lowest BCUT2D eigenvalue weighted by atomic mass is 10.2. The highest BCUT2D eigenvalue weighted by Crippen LogP contribution is 2.24. The zero-order chi connectivity index (χ0) is 14.8. The molecule has 0 aliphatic rings. The van der Waals surface area contributed by atoms with Crippen molar-refractivity contribution in [1.29, 1.82) is 0 Å². The van der Waals surface area contributed by atoms with Crippen molar-refractivity contribution in [1.82, 2.24) is 4.57 Å². The van der Waals surface area contributed by atoms with E-state index in [0.717, 1.165) is 15.4 Å². The van der Waals surface area contributed by atoms with E-state index < -0.39 is 5.82 Å². The van der Waals surface area contributed by atoms with Crippen LogP contribution in [0.2, 0.25) is 0 Å². The summed E-state index contributed by atoms with van der Waals surface area (Å²) in [5.74, 6) is -0.705. The number of fused-ring (bicyclic) bond motifs is 1. The van der Waals surface area contributed by atoms with E-state index >= 15 is 0 Å². The van der Waals surface area contributed by atoms with Gasteiger partial charge in [-0.25, -0.2) is 4.39 Å². The maximum Gasteiger partial charge on any atom is 0.244 e. The molecule has 0 saturated carbocycles. The normalized spacial score (nSPS) is 10.8. The molecule has 3 nitrogen and oxygen atoms in total. The SMILES string of the molecule is O=C(Cn1ccc2c(Br)cccc21)Nc1ccccc1F. The molecular formula is C16H12BrFN2O. The lowest BCUT2D eigenvalue weighted by Crippen LogP contribution is -2.18. The van der Waals surface area contributed by atoms with E-state index in [4.69, 9.17) is 0 Å². The molecule has 106 valence electrons. The number of halogens is 2. The van der Waals surface area contributed by atoms with Crippen molar-refractivity contribution in [3.8, 4) is 0 Å². The Kier molecular flexibility index (Phi) is 3.75. The minimum atomic E-state index is -0.439. The number of benzene rings is 2. The van der Waals surface area contributed by atoms with Crippen molar-refractivity contribution in [2.45, 2.75) is 6.54 Å². The second kappa shape index (κ2) is 5.69. The molecule has 0 aliphatic carbocycles. The Morgan fingerprint density at radius 1 is 1.14 bits per heavy atom. The first-order valence-electron chi connectivity index (χ1n) is 6.43. The van der Waals surface area contributed by atoms with E-state index in [-0.39, 0.29) is 18.1 Å². The number of rotatable bonds is 3. The van der Waals surface area contributed by atoms with Gasteiger partial charge >= 0.3 is 0 Å². The molecule has 2 aromatic carbocycles. The molecule has 21 heavy (non-hydrogen) atoms. The summed E-state index contributed by atoms with van der Waals surface area (Å²) in [7, 11) is 0. The quantitative estimate of drug-likeness (QED) is 0.758. The number of hydrogen-bond acceptors (Lipinski definition) is 1. The van der Waals surface area contributed by atoms with Crippen LogP contribution in [0.15, 0.2) is 59.2 Å². The first-order valence-corrected chi connectivity index (χ1v) is 7.22. The first-order chi connectivity index (χ1) is 10.1. The maximum atomic E-state index is 13.5. The predicted octanol–water partition coefficient (Wildman–Crippen LogP) is 4.18. The van der Waals surface area contributed by atoms with Crippen molar-refractivity contribution < 1.29 is 9.18 Å². The molecule has 3 aromatic rings. The summed E-state index contributed by atoms with van der Waals surface area (Å²) in [6.07, 6.45) is 1.84. The summed E-state index contributed by atoms with van der Waals surface area (Å²) < 4.78 is 16.3. The summed E-state index contributed by atoms with van der Waals surface area (Å²) >= 11 is 3.48.